The Hall–Kier alpha value is -1.83. The Bertz CT molecular complexity index is 603. The SMILES string of the molecule is CCNC(=NCC(O)COc1cccc(C)c1)N1CCC(OCCCOC)CC1. The summed E-state index contributed by atoms with van der Waals surface area (Å²) in [6.45, 7) is 8.69. The number of hydrogen-bond donors (Lipinski definition) is 2. The molecule has 0 aromatic heterocycles. The minimum Gasteiger partial charge on any atom is -0.491 e. The van der Waals surface area contributed by atoms with Crippen LogP contribution in [0.5, 0.6) is 5.75 Å². The number of piperidine rings is 1. The van der Waals surface area contributed by atoms with Gasteiger partial charge in [0.15, 0.2) is 5.96 Å². The topological polar surface area (TPSA) is 75.6 Å². The molecule has 0 saturated carbocycles. The van der Waals surface area contributed by atoms with Crippen LogP contribution in [0.1, 0.15) is 31.7 Å². The summed E-state index contributed by atoms with van der Waals surface area (Å²) < 4.78 is 16.7. The molecular formula is C22H37N3O4. The first-order valence-electron chi connectivity index (χ1n) is 10.6. The Kier molecular flexibility index (Phi) is 10.8. The average molecular weight is 408 g/mol. The average Bonchev–Trinajstić information content (AvgIpc) is 2.73. The summed E-state index contributed by atoms with van der Waals surface area (Å²) in [5.41, 5.74) is 1.13. The highest BCUT2D eigenvalue weighted by Gasteiger charge is 2.22. The second-order valence-electron chi connectivity index (χ2n) is 7.38. The van der Waals surface area contributed by atoms with E-state index in [0.717, 1.165) is 69.4 Å². The van der Waals surface area contributed by atoms with Gasteiger partial charge in [-0.3, -0.25) is 4.99 Å². The Morgan fingerprint density at radius 2 is 2.10 bits per heavy atom. The highest BCUT2D eigenvalue weighted by Crippen LogP contribution is 2.15. The van der Waals surface area contributed by atoms with E-state index in [1.807, 2.05) is 31.2 Å². The molecule has 1 heterocycles. The third-order valence-electron chi connectivity index (χ3n) is 4.81. The number of aliphatic hydroxyl groups excluding tert-OH is 1. The van der Waals surface area contributed by atoms with Crippen LogP contribution < -0.4 is 10.1 Å². The van der Waals surface area contributed by atoms with Gasteiger partial charge in [0.25, 0.3) is 0 Å². The van der Waals surface area contributed by atoms with Crippen molar-refractivity contribution in [1.82, 2.24) is 10.2 Å². The van der Waals surface area contributed by atoms with Crippen LogP contribution in [0.3, 0.4) is 0 Å². The van der Waals surface area contributed by atoms with Crippen LogP contribution in [0.15, 0.2) is 29.3 Å². The van der Waals surface area contributed by atoms with E-state index in [-0.39, 0.29) is 6.61 Å². The Labute approximate surface area is 175 Å². The zero-order valence-corrected chi connectivity index (χ0v) is 18.1. The molecule has 7 nitrogen and oxygen atoms in total. The molecule has 1 aromatic carbocycles. The number of aliphatic imine (C=N–C) groups is 1. The van der Waals surface area contributed by atoms with Crippen LogP contribution >= 0.6 is 0 Å². The van der Waals surface area contributed by atoms with E-state index in [4.69, 9.17) is 14.2 Å². The molecule has 7 heteroatoms. The molecule has 0 aliphatic carbocycles. The molecule has 164 valence electrons. The van der Waals surface area contributed by atoms with Gasteiger partial charge in [-0.25, -0.2) is 0 Å². The lowest BCUT2D eigenvalue weighted by Crippen LogP contribution is -2.47. The van der Waals surface area contributed by atoms with Gasteiger partial charge in [-0.15, -0.1) is 0 Å². The highest BCUT2D eigenvalue weighted by molar-refractivity contribution is 5.80. The van der Waals surface area contributed by atoms with E-state index < -0.39 is 6.10 Å². The van der Waals surface area contributed by atoms with E-state index in [9.17, 15) is 5.11 Å². The summed E-state index contributed by atoms with van der Waals surface area (Å²) in [4.78, 5) is 6.87. The molecule has 0 radical (unpaired) electrons. The molecule has 1 aromatic rings. The molecule has 2 rings (SSSR count). The van der Waals surface area contributed by atoms with Crippen LogP contribution in [-0.2, 0) is 9.47 Å². The fraction of sp³-hybridized carbons (Fsp3) is 0.682. The van der Waals surface area contributed by atoms with Crippen LogP contribution in [0.25, 0.3) is 0 Å². The maximum Gasteiger partial charge on any atom is 0.194 e. The van der Waals surface area contributed by atoms with E-state index in [2.05, 4.69) is 22.1 Å². The number of likely N-dealkylation sites (tertiary alicyclic amines) is 1. The Morgan fingerprint density at radius 3 is 2.79 bits per heavy atom. The lowest BCUT2D eigenvalue weighted by molar-refractivity contribution is 0.00984. The number of guanidine groups is 1. The number of nitrogens with one attached hydrogen (secondary N) is 1. The first-order valence-corrected chi connectivity index (χ1v) is 10.6. The largest absolute Gasteiger partial charge is 0.491 e. The van der Waals surface area contributed by atoms with Gasteiger partial charge in [-0.05, 0) is 50.8 Å². The molecule has 29 heavy (non-hydrogen) atoms. The van der Waals surface area contributed by atoms with Crippen molar-refractivity contribution in [3.8, 4) is 5.75 Å². The monoisotopic (exact) mass is 407 g/mol. The zero-order valence-electron chi connectivity index (χ0n) is 18.1. The molecule has 1 unspecified atom stereocenters. The van der Waals surface area contributed by atoms with Crippen molar-refractivity contribution in [1.29, 1.82) is 0 Å². The van der Waals surface area contributed by atoms with Crippen molar-refractivity contribution in [3.63, 3.8) is 0 Å². The van der Waals surface area contributed by atoms with Crippen molar-refractivity contribution in [2.75, 3.05) is 53.1 Å². The van der Waals surface area contributed by atoms with Crippen LogP contribution in [0, 0.1) is 6.92 Å². The molecular weight excluding hydrogens is 370 g/mol. The fourth-order valence-electron chi connectivity index (χ4n) is 3.26. The normalized spacial score (nSPS) is 16.7. The molecule has 1 aliphatic rings. The number of benzene rings is 1. The molecule has 0 spiro atoms. The van der Waals surface area contributed by atoms with Gasteiger partial charge in [0, 0.05) is 40.0 Å². The molecule has 2 N–H and O–H groups in total. The second-order valence-corrected chi connectivity index (χ2v) is 7.38. The van der Waals surface area contributed by atoms with Gasteiger partial charge in [0.05, 0.1) is 12.6 Å². The van der Waals surface area contributed by atoms with Gasteiger partial charge in [0.1, 0.15) is 18.5 Å². The smallest absolute Gasteiger partial charge is 0.194 e. The van der Waals surface area contributed by atoms with Gasteiger partial charge < -0.3 is 29.5 Å². The van der Waals surface area contributed by atoms with Crippen molar-refractivity contribution >= 4 is 5.96 Å². The first kappa shape index (κ1) is 23.4. The summed E-state index contributed by atoms with van der Waals surface area (Å²) in [6.07, 6.45) is 2.56. The third kappa shape index (κ3) is 9.02. The number of aryl methyl sites for hydroxylation is 1. The standard InChI is InChI=1S/C22H37N3O4/c1-4-23-22(25-11-9-20(10-12-25)28-14-6-13-27-3)24-16-19(26)17-29-21-8-5-7-18(2)15-21/h5,7-8,15,19-20,26H,4,6,9-14,16-17H2,1-3H3,(H,23,24). The number of aliphatic hydroxyl groups is 1. The second kappa shape index (κ2) is 13.4. The molecule has 1 aliphatic heterocycles. The van der Waals surface area contributed by atoms with Crippen LogP contribution in [0.4, 0.5) is 0 Å². The number of hydrogen-bond acceptors (Lipinski definition) is 5. The van der Waals surface area contributed by atoms with Crippen LogP contribution in [-0.4, -0.2) is 81.3 Å². The quantitative estimate of drug-likeness (QED) is 0.333. The van der Waals surface area contributed by atoms with E-state index in [1.54, 1.807) is 7.11 Å². The van der Waals surface area contributed by atoms with E-state index in [0.29, 0.717) is 12.6 Å². The molecule has 0 amide bonds. The number of rotatable bonds is 11. The fourth-order valence-corrected chi connectivity index (χ4v) is 3.26. The Morgan fingerprint density at radius 1 is 1.31 bits per heavy atom. The van der Waals surface area contributed by atoms with Crippen molar-refractivity contribution in [2.45, 2.75) is 45.3 Å². The molecule has 1 fully saturated rings. The third-order valence-corrected chi connectivity index (χ3v) is 4.81. The minimum atomic E-state index is -0.647. The van der Waals surface area contributed by atoms with Crippen molar-refractivity contribution in [2.24, 2.45) is 4.99 Å². The summed E-state index contributed by atoms with van der Waals surface area (Å²) >= 11 is 0. The minimum absolute atomic E-state index is 0.226. The van der Waals surface area contributed by atoms with Crippen molar-refractivity contribution < 1.29 is 19.3 Å². The lowest BCUT2D eigenvalue weighted by Gasteiger charge is -2.34. The summed E-state index contributed by atoms with van der Waals surface area (Å²) in [5.74, 6) is 1.62. The molecule has 1 atom stereocenters. The number of nitrogens with zero attached hydrogens (tertiary/aromatic N) is 2. The summed E-state index contributed by atoms with van der Waals surface area (Å²) in [5, 5.41) is 13.6. The maximum atomic E-state index is 10.3. The zero-order chi connectivity index (χ0) is 20.9. The van der Waals surface area contributed by atoms with E-state index >= 15 is 0 Å². The van der Waals surface area contributed by atoms with Crippen LogP contribution in [0.2, 0.25) is 0 Å². The number of methoxy groups -OCH3 is 1. The predicted octanol–water partition coefficient (Wildman–Crippen LogP) is 2.22. The van der Waals surface area contributed by atoms with Gasteiger partial charge >= 0.3 is 0 Å². The van der Waals surface area contributed by atoms with Gasteiger partial charge in [-0.2, -0.15) is 0 Å². The Balaban J connectivity index is 1.75. The lowest BCUT2D eigenvalue weighted by atomic mass is 10.1. The summed E-state index contributed by atoms with van der Waals surface area (Å²) in [6, 6.07) is 7.82. The van der Waals surface area contributed by atoms with Gasteiger partial charge in [0.2, 0.25) is 0 Å². The van der Waals surface area contributed by atoms with Crippen molar-refractivity contribution in [3.05, 3.63) is 29.8 Å². The summed E-state index contributed by atoms with van der Waals surface area (Å²) in [7, 11) is 1.71. The van der Waals surface area contributed by atoms with E-state index in [1.165, 1.54) is 0 Å². The highest BCUT2D eigenvalue weighted by atomic mass is 16.5. The number of ether oxygens (including phenoxy) is 3. The molecule has 1 saturated heterocycles. The van der Waals surface area contributed by atoms with Gasteiger partial charge in [-0.1, -0.05) is 12.1 Å². The molecule has 0 bridgehead atoms. The first-order chi connectivity index (χ1) is 14.1. The predicted molar refractivity (Wildman–Crippen MR) is 116 cm³/mol. The maximum absolute atomic E-state index is 10.3.